The Morgan fingerprint density at radius 3 is 2.22 bits per heavy atom. The van der Waals surface area contributed by atoms with Crippen LogP contribution in [0.15, 0.2) is 0 Å². The van der Waals surface area contributed by atoms with Crippen LogP contribution in [0.1, 0.15) is 13.8 Å². The summed E-state index contributed by atoms with van der Waals surface area (Å²) in [6.45, 7) is 4.27. The maximum atomic E-state index is 2.98. The van der Waals surface area contributed by atoms with Gasteiger partial charge in [-0.15, -0.1) is 0 Å². The quantitative estimate of drug-likeness (QED) is 0.405. The van der Waals surface area contributed by atoms with E-state index in [1.54, 1.807) is 11.8 Å². The molecule has 0 heterocycles. The Labute approximate surface area is 61.8 Å². The third-order valence-corrected chi connectivity index (χ3v) is 1.24. The molecule has 0 aliphatic heterocycles. The van der Waals surface area contributed by atoms with Gasteiger partial charge in [-0.3, -0.25) is 0 Å². The molecule has 1 nitrogen and oxygen atoms in total. The molecule has 0 aromatic heterocycles. The highest BCUT2D eigenvalue weighted by Gasteiger charge is 1.86. The summed E-state index contributed by atoms with van der Waals surface area (Å²) >= 11 is 1.66. The van der Waals surface area contributed by atoms with Gasteiger partial charge in [0.25, 0.3) is 0 Å². The second-order valence-electron chi connectivity index (χ2n) is 2.27. The van der Waals surface area contributed by atoms with E-state index in [0.29, 0.717) is 5.25 Å². The molecule has 52 valence electrons. The summed E-state index contributed by atoms with van der Waals surface area (Å²) in [6, 6.07) is 2.92. The van der Waals surface area contributed by atoms with Gasteiger partial charge in [0.2, 0.25) is 0 Å². The number of hydrogen-bond donors (Lipinski definition) is 0. The highest BCUT2D eigenvalue weighted by molar-refractivity contribution is 8.04. The minimum atomic E-state index is 0.609. The van der Waals surface area contributed by atoms with Crippen molar-refractivity contribution in [2.75, 3.05) is 14.1 Å². The van der Waals surface area contributed by atoms with Crippen LogP contribution in [0, 0.1) is 11.3 Å². The zero-order chi connectivity index (χ0) is 7.28. The van der Waals surface area contributed by atoms with Gasteiger partial charge in [0.15, 0.2) is 0 Å². The Hall–Kier alpha value is -0.290. The first-order valence-corrected chi connectivity index (χ1v) is 3.84. The molecule has 0 bridgehead atoms. The summed E-state index contributed by atoms with van der Waals surface area (Å²) in [6.07, 6.45) is 0. The minimum Gasteiger partial charge on any atom is -0.338 e. The Kier molecular flexibility index (Phi) is 4.43. The molecular formula is C7H13NS. The fraction of sp³-hybridized carbons (Fsp3) is 0.714. The lowest BCUT2D eigenvalue weighted by atomic mass is 10.6. The number of nitrogens with zero attached hydrogens (tertiary/aromatic N) is 1. The lowest BCUT2D eigenvalue weighted by Crippen LogP contribution is -2.00. The second-order valence-corrected chi connectivity index (χ2v) is 3.66. The number of hydrogen-bond acceptors (Lipinski definition) is 2. The fourth-order valence-electron chi connectivity index (χ4n) is 0.235. The summed E-state index contributed by atoms with van der Waals surface area (Å²) < 4.78 is 0. The van der Waals surface area contributed by atoms with E-state index in [9.17, 15) is 0 Å². The van der Waals surface area contributed by atoms with Crippen molar-refractivity contribution >= 4 is 11.8 Å². The van der Waals surface area contributed by atoms with E-state index in [-0.39, 0.29) is 0 Å². The first kappa shape index (κ1) is 8.71. The Morgan fingerprint density at radius 1 is 1.33 bits per heavy atom. The van der Waals surface area contributed by atoms with Crippen LogP contribution in [-0.2, 0) is 0 Å². The van der Waals surface area contributed by atoms with Gasteiger partial charge in [-0.2, -0.15) is 0 Å². The smallest absolute Gasteiger partial charge is 0.0188 e. The molecular weight excluding hydrogens is 130 g/mol. The number of thioether (sulfide) groups is 1. The van der Waals surface area contributed by atoms with Crippen LogP contribution in [0.4, 0.5) is 0 Å². The molecule has 0 rings (SSSR count). The fourth-order valence-corrected chi connectivity index (χ4v) is 0.706. The summed E-state index contributed by atoms with van der Waals surface area (Å²) in [5.74, 6) is 0. The Bertz CT molecular complexity index is 119. The molecule has 0 atom stereocenters. The van der Waals surface area contributed by atoms with Crippen molar-refractivity contribution in [3.63, 3.8) is 0 Å². The summed E-state index contributed by atoms with van der Waals surface area (Å²) in [5.41, 5.74) is 0. The van der Waals surface area contributed by atoms with Gasteiger partial charge >= 0.3 is 0 Å². The molecule has 0 amide bonds. The summed E-state index contributed by atoms with van der Waals surface area (Å²) in [5, 5.41) is 3.59. The molecule has 0 aliphatic rings. The largest absolute Gasteiger partial charge is 0.338 e. The van der Waals surface area contributed by atoms with Gasteiger partial charge in [-0.25, -0.2) is 0 Å². The van der Waals surface area contributed by atoms with Crippen LogP contribution >= 0.6 is 11.8 Å². The minimum absolute atomic E-state index is 0.609. The first-order valence-electron chi connectivity index (χ1n) is 2.96. The van der Waals surface area contributed by atoms with Gasteiger partial charge in [0.05, 0.1) is 0 Å². The van der Waals surface area contributed by atoms with Crippen molar-refractivity contribution in [2.24, 2.45) is 0 Å². The molecule has 0 aliphatic carbocycles. The third-order valence-electron chi connectivity index (χ3n) is 0.564. The lowest BCUT2D eigenvalue weighted by molar-refractivity contribution is 0.598. The van der Waals surface area contributed by atoms with E-state index in [1.807, 2.05) is 19.0 Å². The molecule has 9 heavy (non-hydrogen) atoms. The van der Waals surface area contributed by atoms with Gasteiger partial charge in [0, 0.05) is 25.4 Å². The molecule has 0 aromatic carbocycles. The highest BCUT2D eigenvalue weighted by atomic mass is 32.2. The molecule has 0 radical (unpaired) electrons. The summed E-state index contributed by atoms with van der Waals surface area (Å²) in [7, 11) is 3.88. The molecule has 0 aromatic rings. The van der Waals surface area contributed by atoms with E-state index in [1.165, 1.54) is 0 Å². The molecule has 0 saturated heterocycles. The van der Waals surface area contributed by atoms with Crippen molar-refractivity contribution in [1.82, 2.24) is 4.90 Å². The van der Waals surface area contributed by atoms with E-state index in [2.05, 4.69) is 25.1 Å². The third kappa shape index (κ3) is 7.71. The second kappa shape index (κ2) is 4.58. The standard InChI is InChI=1S/C7H13NS/c1-7(2)9-6-5-8(3)4/h7H,1-4H3. The molecule has 0 saturated carbocycles. The zero-order valence-electron chi connectivity index (χ0n) is 6.43. The lowest BCUT2D eigenvalue weighted by Gasteiger charge is -1.98. The maximum Gasteiger partial charge on any atom is 0.0188 e. The summed E-state index contributed by atoms with van der Waals surface area (Å²) in [4.78, 5) is 1.86. The maximum absolute atomic E-state index is 2.98. The Balaban J connectivity index is 3.38. The monoisotopic (exact) mass is 143 g/mol. The average Bonchev–Trinajstić information content (AvgIpc) is 1.63. The van der Waals surface area contributed by atoms with Crippen molar-refractivity contribution in [3.8, 4) is 11.3 Å². The predicted octanol–water partition coefficient (Wildman–Crippen LogP) is 1.61. The van der Waals surface area contributed by atoms with Crippen molar-refractivity contribution in [2.45, 2.75) is 19.1 Å². The van der Waals surface area contributed by atoms with E-state index < -0.39 is 0 Å². The van der Waals surface area contributed by atoms with E-state index >= 15 is 0 Å². The van der Waals surface area contributed by atoms with Gasteiger partial charge in [-0.05, 0) is 5.25 Å². The number of rotatable bonds is 1. The zero-order valence-corrected chi connectivity index (χ0v) is 7.25. The Morgan fingerprint density at radius 2 is 1.89 bits per heavy atom. The molecule has 0 unspecified atom stereocenters. The van der Waals surface area contributed by atoms with Crippen LogP contribution in [-0.4, -0.2) is 24.2 Å². The van der Waals surface area contributed by atoms with Crippen LogP contribution in [0.2, 0.25) is 0 Å². The van der Waals surface area contributed by atoms with Gasteiger partial charge < -0.3 is 4.90 Å². The topological polar surface area (TPSA) is 3.24 Å². The van der Waals surface area contributed by atoms with Crippen LogP contribution < -0.4 is 0 Å². The van der Waals surface area contributed by atoms with Gasteiger partial charge in [-0.1, -0.05) is 25.6 Å². The molecule has 0 N–H and O–H groups in total. The SMILES string of the molecule is CC(C)SC#CN(C)C. The van der Waals surface area contributed by atoms with Crippen LogP contribution in [0.5, 0.6) is 0 Å². The average molecular weight is 143 g/mol. The van der Waals surface area contributed by atoms with Gasteiger partial charge in [0.1, 0.15) is 0 Å². The predicted molar refractivity (Wildman–Crippen MR) is 44.2 cm³/mol. The van der Waals surface area contributed by atoms with E-state index in [4.69, 9.17) is 0 Å². The van der Waals surface area contributed by atoms with Crippen molar-refractivity contribution in [3.05, 3.63) is 0 Å². The van der Waals surface area contributed by atoms with Crippen LogP contribution in [0.25, 0.3) is 0 Å². The van der Waals surface area contributed by atoms with Crippen molar-refractivity contribution in [1.29, 1.82) is 0 Å². The highest BCUT2D eigenvalue weighted by Crippen LogP contribution is 2.05. The molecule has 0 fully saturated rings. The normalized spacial score (nSPS) is 8.56. The van der Waals surface area contributed by atoms with Crippen LogP contribution in [0.3, 0.4) is 0 Å². The van der Waals surface area contributed by atoms with E-state index in [0.717, 1.165) is 0 Å². The van der Waals surface area contributed by atoms with Crippen molar-refractivity contribution < 1.29 is 0 Å². The molecule has 0 spiro atoms. The first-order chi connectivity index (χ1) is 4.13. The molecule has 2 heteroatoms.